The van der Waals surface area contributed by atoms with Crippen molar-refractivity contribution in [2.75, 3.05) is 27.7 Å². The molecule has 1 aromatic carbocycles. The molecule has 1 aromatic heterocycles. The highest BCUT2D eigenvalue weighted by atomic mass is 127. The number of hydrogen-bond acceptors (Lipinski definition) is 3. The number of rotatable bonds is 6. The monoisotopic (exact) mass is 459 g/mol. The smallest absolute Gasteiger partial charge is 0.193 e. The summed E-state index contributed by atoms with van der Waals surface area (Å²) in [5.41, 5.74) is 3.73. The lowest BCUT2D eigenvalue weighted by Crippen LogP contribution is -2.39. The van der Waals surface area contributed by atoms with E-state index in [-0.39, 0.29) is 24.0 Å². The van der Waals surface area contributed by atoms with Crippen molar-refractivity contribution in [3.63, 3.8) is 0 Å². The van der Waals surface area contributed by atoms with Gasteiger partial charge in [0, 0.05) is 27.2 Å². The topological polar surface area (TPSA) is 36.9 Å². The van der Waals surface area contributed by atoms with Crippen LogP contribution in [0.25, 0.3) is 0 Å². The van der Waals surface area contributed by atoms with Gasteiger partial charge in [0.1, 0.15) is 5.75 Å². The fraction of sp³-hybridized carbons (Fsp3) is 0.389. The van der Waals surface area contributed by atoms with Gasteiger partial charge in [-0.25, -0.2) is 0 Å². The molecular formula is C18H26IN3OS. The Labute approximate surface area is 166 Å². The molecule has 0 aliphatic rings. The van der Waals surface area contributed by atoms with E-state index in [1.165, 1.54) is 11.1 Å². The molecule has 0 unspecified atom stereocenters. The van der Waals surface area contributed by atoms with Gasteiger partial charge >= 0.3 is 0 Å². The number of nitrogens with zero attached hydrogens (tertiary/aromatic N) is 2. The second-order valence-electron chi connectivity index (χ2n) is 5.52. The van der Waals surface area contributed by atoms with Crippen molar-refractivity contribution in [1.29, 1.82) is 0 Å². The lowest BCUT2D eigenvalue weighted by Gasteiger charge is -2.21. The molecule has 2 aromatic rings. The Hall–Kier alpha value is -1.28. The van der Waals surface area contributed by atoms with Crippen LogP contribution in [0.5, 0.6) is 5.75 Å². The molecule has 4 nitrogen and oxygen atoms in total. The van der Waals surface area contributed by atoms with Gasteiger partial charge < -0.3 is 15.0 Å². The molecule has 0 bridgehead atoms. The van der Waals surface area contributed by atoms with Crippen LogP contribution in [0.15, 0.2) is 40.0 Å². The van der Waals surface area contributed by atoms with E-state index in [2.05, 4.69) is 64.2 Å². The highest BCUT2D eigenvalue weighted by Crippen LogP contribution is 2.19. The summed E-state index contributed by atoms with van der Waals surface area (Å²) in [6, 6.07) is 8.50. The van der Waals surface area contributed by atoms with E-state index in [0.29, 0.717) is 0 Å². The van der Waals surface area contributed by atoms with E-state index in [9.17, 15) is 0 Å². The molecule has 0 aliphatic carbocycles. The molecule has 0 saturated heterocycles. The first-order valence-corrected chi connectivity index (χ1v) is 8.64. The van der Waals surface area contributed by atoms with Crippen molar-refractivity contribution in [2.45, 2.75) is 19.9 Å². The molecule has 0 radical (unpaired) electrons. The minimum Gasteiger partial charge on any atom is -0.496 e. The van der Waals surface area contributed by atoms with Crippen molar-refractivity contribution >= 4 is 41.3 Å². The Balaban J connectivity index is 0.00000288. The Kier molecular flexibility index (Phi) is 9.13. The second-order valence-corrected chi connectivity index (χ2v) is 6.30. The molecule has 0 amide bonds. The molecule has 2 rings (SSSR count). The normalized spacial score (nSPS) is 10.9. The Bertz CT molecular complexity index is 644. The summed E-state index contributed by atoms with van der Waals surface area (Å²) >= 11 is 1.72. The number of hydrogen-bond donors (Lipinski definition) is 1. The van der Waals surface area contributed by atoms with Crippen LogP contribution >= 0.6 is 35.3 Å². The number of aryl methyl sites for hydroxylation is 1. The van der Waals surface area contributed by atoms with Crippen molar-refractivity contribution in [3.8, 4) is 5.75 Å². The fourth-order valence-corrected chi connectivity index (χ4v) is 3.11. The molecule has 6 heteroatoms. The van der Waals surface area contributed by atoms with Crippen LogP contribution in [-0.4, -0.2) is 38.6 Å². The van der Waals surface area contributed by atoms with Crippen molar-refractivity contribution in [2.24, 2.45) is 4.99 Å². The molecular weight excluding hydrogens is 433 g/mol. The SMILES string of the molecule is CN=C(NCCc1ccc(C)c(OC)c1)N(C)Cc1ccsc1.I. The number of ether oxygens (including phenoxy) is 1. The summed E-state index contributed by atoms with van der Waals surface area (Å²) in [7, 11) is 5.59. The van der Waals surface area contributed by atoms with Crippen LogP contribution in [0.3, 0.4) is 0 Å². The highest BCUT2D eigenvalue weighted by Gasteiger charge is 2.07. The maximum absolute atomic E-state index is 5.38. The lowest BCUT2D eigenvalue weighted by atomic mass is 10.1. The van der Waals surface area contributed by atoms with E-state index < -0.39 is 0 Å². The maximum atomic E-state index is 5.38. The van der Waals surface area contributed by atoms with Crippen LogP contribution < -0.4 is 10.1 Å². The average Bonchev–Trinajstić information content (AvgIpc) is 3.05. The van der Waals surface area contributed by atoms with Gasteiger partial charge in [0.2, 0.25) is 0 Å². The Morgan fingerprint density at radius 3 is 2.71 bits per heavy atom. The van der Waals surface area contributed by atoms with Gasteiger partial charge in [0.15, 0.2) is 5.96 Å². The summed E-state index contributed by atoms with van der Waals surface area (Å²) in [5.74, 6) is 1.86. The number of methoxy groups -OCH3 is 1. The predicted molar refractivity (Wildman–Crippen MR) is 114 cm³/mol. The fourth-order valence-electron chi connectivity index (χ4n) is 2.45. The summed E-state index contributed by atoms with van der Waals surface area (Å²) in [6.07, 6.45) is 0.932. The van der Waals surface area contributed by atoms with Crippen molar-refractivity contribution in [3.05, 3.63) is 51.7 Å². The number of thiophene rings is 1. The van der Waals surface area contributed by atoms with E-state index in [1.54, 1.807) is 18.4 Å². The average molecular weight is 459 g/mol. The molecule has 132 valence electrons. The Morgan fingerprint density at radius 1 is 1.29 bits per heavy atom. The van der Waals surface area contributed by atoms with Gasteiger partial charge in [-0.15, -0.1) is 24.0 Å². The Morgan fingerprint density at radius 2 is 2.08 bits per heavy atom. The third-order valence-corrected chi connectivity index (χ3v) is 4.47. The molecule has 0 atom stereocenters. The zero-order valence-electron chi connectivity index (χ0n) is 14.7. The summed E-state index contributed by atoms with van der Waals surface area (Å²) in [5, 5.41) is 7.69. The number of halogens is 1. The summed E-state index contributed by atoms with van der Waals surface area (Å²) < 4.78 is 5.38. The second kappa shape index (κ2) is 10.6. The first-order valence-electron chi connectivity index (χ1n) is 7.70. The summed E-state index contributed by atoms with van der Waals surface area (Å²) in [6.45, 7) is 3.76. The lowest BCUT2D eigenvalue weighted by molar-refractivity contribution is 0.411. The summed E-state index contributed by atoms with van der Waals surface area (Å²) in [4.78, 5) is 6.49. The minimum absolute atomic E-state index is 0. The van der Waals surface area contributed by atoms with Crippen molar-refractivity contribution in [1.82, 2.24) is 10.2 Å². The largest absolute Gasteiger partial charge is 0.496 e. The van der Waals surface area contributed by atoms with Crippen LogP contribution in [-0.2, 0) is 13.0 Å². The van der Waals surface area contributed by atoms with Crippen LogP contribution in [0.1, 0.15) is 16.7 Å². The minimum atomic E-state index is 0. The van der Waals surface area contributed by atoms with Crippen molar-refractivity contribution < 1.29 is 4.74 Å². The third-order valence-electron chi connectivity index (χ3n) is 3.74. The molecule has 1 heterocycles. The standard InChI is InChI=1S/C18H25N3OS.HI/c1-14-5-6-15(11-17(14)22-4)7-9-20-18(19-2)21(3)12-16-8-10-23-13-16;/h5-6,8,10-11,13H,7,9,12H2,1-4H3,(H,19,20);1H. The zero-order chi connectivity index (χ0) is 16.7. The highest BCUT2D eigenvalue weighted by molar-refractivity contribution is 14.0. The van der Waals surface area contributed by atoms with Gasteiger partial charge in [-0.05, 0) is 52.9 Å². The van der Waals surface area contributed by atoms with E-state index >= 15 is 0 Å². The van der Waals surface area contributed by atoms with Crippen LogP contribution in [0.4, 0.5) is 0 Å². The van der Waals surface area contributed by atoms with Gasteiger partial charge in [-0.2, -0.15) is 11.3 Å². The number of benzene rings is 1. The van der Waals surface area contributed by atoms with Gasteiger partial charge in [0.05, 0.1) is 7.11 Å². The molecule has 0 aliphatic heterocycles. The molecule has 0 spiro atoms. The van der Waals surface area contributed by atoms with Crippen LogP contribution in [0, 0.1) is 6.92 Å². The van der Waals surface area contributed by atoms with E-state index in [4.69, 9.17) is 4.74 Å². The van der Waals surface area contributed by atoms with E-state index in [1.807, 2.05) is 7.05 Å². The quantitative estimate of drug-likeness (QED) is 0.404. The van der Waals surface area contributed by atoms with Gasteiger partial charge in [0.25, 0.3) is 0 Å². The molecule has 24 heavy (non-hydrogen) atoms. The predicted octanol–water partition coefficient (Wildman–Crippen LogP) is 3.93. The number of guanidine groups is 1. The first-order chi connectivity index (χ1) is 11.1. The zero-order valence-corrected chi connectivity index (χ0v) is 17.9. The number of nitrogens with one attached hydrogen (secondary N) is 1. The number of aliphatic imine (C=N–C) groups is 1. The molecule has 0 saturated carbocycles. The molecule has 0 fully saturated rings. The van der Waals surface area contributed by atoms with Crippen LogP contribution in [0.2, 0.25) is 0 Å². The van der Waals surface area contributed by atoms with E-state index in [0.717, 1.165) is 36.8 Å². The first kappa shape index (κ1) is 20.8. The van der Waals surface area contributed by atoms with Gasteiger partial charge in [-0.3, -0.25) is 4.99 Å². The van der Waals surface area contributed by atoms with Gasteiger partial charge in [-0.1, -0.05) is 12.1 Å². The third kappa shape index (κ3) is 5.98. The molecule has 1 N–H and O–H groups in total. The maximum Gasteiger partial charge on any atom is 0.193 e.